The molecule has 0 fully saturated rings. The monoisotopic (exact) mass is 295 g/mol. The first-order chi connectivity index (χ1) is 9.81. The smallest absolute Gasteiger partial charge is 0.216 e. The van der Waals surface area contributed by atoms with Gasteiger partial charge in [0, 0.05) is 25.2 Å². The number of rotatable bonds is 6. The maximum Gasteiger partial charge on any atom is 0.216 e. The summed E-state index contributed by atoms with van der Waals surface area (Å²) in [6.07, 6.45) is 0. The van der Waals surface area contributed by atoms with Gasteiger partial charge in [-0.3, -0.25) is 0 Å². The van der Waals surface area contributed by atoms with E-state index in [4.69, 9.17) is 4.42 Å². The molecule has 1 aromatic heterocycles. The number of guanidine groups is 1. The molecular weight excluding hydrogens is 266 g/mol. The van der Waals surface area contributed by atoms with E-state index in [1.165, 1.54) is 0 Å². The Bertz CT molecular complexity index is 440. The van der Waals surface area contributed by atoms with Gasteiger partial charge in [-0.05, 0) is 41.5 Å². The van der Waals surface area contributed by atoms with Crippen molar-refractivity contribution in [1.29, 1.82) is 0 Å². The molecule has 0 atom stereocenters. The van der Waals surface area contributed by atoms with Crippen LogP contribution in [0.5, 0.6) is 0 Å². The molecule has 0 saturated carbocycles. The number of hydrogen-bond acceptors (Lipinski definition) is 4. The zero-order chi connectivity index (χ0) is 15.9. The molecule has 1 rings (SSSR count). The van der Waals surface area contributed by atoms with Crippen molar-refractivity contribution in [2.24, 2.45) is 4.99 Å². The van der Waals surface area contributed by atoms with Gasteiger partial charge < -0.3 is 20.4 Å². The van der Waals surface area contributed by atoms with E-state index in [2.05, 4.69) is 46.7 Å². The molecule has 3 N–H and O–H groups in total. The molecule has 1 heterocycles. The van der Waals surface area contributed by atoms with E-state index in [9.17, 15) is 0 Å². The molecule has 0 aliphatic heterocycles. The summed E-state index contributed by atoms with van der Waals surface area (Å²) in [4.78, 5) is 8.81. The van der Waals surface area contributed by atoms with Gasteiger partial charge >= 0.3 is 0 Å². The molecule has 0 spiro atoms. The van der Waals surface area contributed by atoms with Crippen LogP contribution >= 0.6 is 0 Å². The molecule has 6 nitrogen and oxygen atoms in total. The molecular formula is C15H29N5O. The Labute approximate surface area is 127 Å². The third-order valence-electron chi connectivity index (χ3n) is 2.86. The largest absolute Gasteiger partial charge is 0.444 e. The Balaban J connectivity index is 2.46. The van der Waals surface area contributed by atoms with Crippen molar-refractivity contribution in [3.63, 3.8) is 0 Å². The van der Waals surface area contributed by atoms with E-state index in [-0.39, 0.29) is 5.54 Å². The molecule has 0 saturated heterocycles. The molecule has 1 aromatic rings. The molecule has 0 aliphatic rings. The Morgan fingerprint density at radius 3 is 2.43 bits per heavy atom. The van der Waals surface area contributed by atoms with Gasteiger partial charge in [0.1, 0.15) is 12.3 Å². The highest BCUT2D eigenvalue weighted by Crippen LogP contribution is 2.08. The van der Waals surface area contributed by atoms with E-state index in [1.54, 1.807) is 0 Å². The van der Waals surface area contributed by atoms with Crippen molar-refractivity contribution in [2.75, 3.05) is 19.6 Å². The minimum Gasteiger partial charge on any atom is -0.444 e. The topological polar surface area (TPSA) is 74.5 Å². The maximum absolute atomic E-state index is 5.53. The lowest BCUT2D eigenvalue weighted by Crippen LogP contribution is -2.44. The van der Waals surface area contributed by atoms with E-state index < -0.39 is 0 Å². The van der Waals surface area contributed by atoms with Gasteiger partial charge in [0.25, 0.3) is 0 Å². The highest BCUT2D eigenvalue weighted by atomic mass is 16.4. The Hall–Kier alpha value is -1.56. The first kappa shape index (κ1) is 17.5. The zero-order valence-electron chi connectivity index (χ0n) is 14.1. The van der Waals surface area contributed by atoms with Gasteiger partial charge in [0.15, 0.2) is 5.96 Å². The fraction of sp³-hybridized carbons (Fsp3) is 0.733. The molecule has 0 aliphatic carbocycles. The van der Waals surface area contributed by atoms with Crippen molar-refractivity contribution in [2.45, 2.75) is 53.6 Å². The maximum atomic E-state index is 5.53. The van der Waals surface area contributed by atoms with Crippen LogP contribution in [0, 0.1) is 13.8 Å². The van der Waals surface area contributed by atoms with Crippen molar-refractivity contribution in [3.05, 3.63) is 17.3 Å². The Morgan fingerprint density at radius 2 is 1.90 bits per heavy atom. The molecule has 0 unspecified atom stereocenters. The Kier molecular flexibility index (Phi) is 6.68. The van der Waals surface area contributed by atoms with Crippen LogP contribution in [0.1, 0.15) is 45.0 Å². The number of aliphatic imine (C=N–C) groups is 1. The summed E-state index contributed by atoms with van der Waals surface area (Å²) in [5, 5.41) is 9.93. The van der Waals surface area contributed by atoms with Gasteiger partial charge in [-0.15, -0.1) is 0 Å². The van der Waals surface area contributed by atoms with E-state index in [0.29, 0.717) is 12.4 Å². The summed E-state index contributed by atoms with van der Waals surface area (Å²) in [7, 11) is 0. The minimum atomic E-state index is 0.129. The number of nitrogens with zero attached hydrogens (tertiary/aromatic N) is 2. The second kappa shape index (κ2) is 8.02. The van der Waals surface area contributed by atoms with E-state index >= 15 is 0 Å². The third-order valence-corrected chi connectivity index (χ3v) is 2.86. The second-order valence-electron chi connectivity index (χ2n) is 6.05. The quantitative estimate of drug-likeness (QED) is 0.423. The standard InChI is InChI=1S/C15H29N5O/c1-7-16-14(17-8-9-19-15(4,5)6)18-10-13-20-11(2)12(3)21-13/h19H,7-10H2,1-6H3,(H2,16,17,18). The number of aromatic nitrogens is 1. The van der Waals surface area contributed by atoms with Gasteiger partial charge in [0.2, 0.25) is 5.89 Å². The van der Waals surface area contributed by atoms with Crippen LogP contribution in [0.4, 0.5) is 0 Å². The lowest BCUT2D eigenvalue weighted by Gasteiger charge is -2.21. The molecule has 0 bridgehead atoms. The summed E-state index contributed by atoms with van der Waals surface area (Å²) < 4.78 is 5.53. The molecule has 0 aromatic carbocycles. The molecule has 21 heavy (non-hydrogen) atoms. The molecule has 6 heteroatoms. The lowest BCUT2D eigenvalue weighted by atomic mass is 10.1. The van der Waals surface area contributed by atoms with Gasteiger partial charge in [-0.25, -0.2) is 9.98 Å². The summed E-state index contributed by atoms with van der Waals surface area (Å²) in [6.45, 7) is 15.3. The van der Waals surface area contributed by atoms with Gasteiger partial charge in [0.05, 0.1) is 5.69 Å². The van der Waals surface area contributed by atoms with Crippen LogP contribution in [0.25, 0.3) is 0 Å². The molecule has 0 radical (unpaired) electrons. The average molecular weight is 295 g/mol. The summed E-state index contributed by atoms with van der Waals surface area (Å²) >= 11 is 0. The van der Waals surface area contributed by atoms with Crippen LogP contribution in [0.3, 0.4) is 0 Å². The van der Waals surface area contributed by atoms with Crippen molar-refractivity contribution < 1.29 is 4.42 Å². The fourth-order valence-corrected chi connectivity index (χ4v) is 1.71. The predicted molar refractivity (Wildman–Crippen MR) is 86.6 cm³/mol. The molecule has 0 amide bonds. The minimum absolute atomic E-state index is 0.129. The highest BCUT2D eigenvalue weighted by Gasteiger charge is 2.08. The first-order valence-electron chi connectivity index (χ1n) is 7.52. The number of oxazole rings is 1. The predicted octanol–water partition coefficient (Wildman–Crippen LogP) is 1.73. The van der Waals surface area contributed by atoms with Gasteiger partial charge in [-0.2, -0.15) is 0 Å². The van der Waals surface area contributed by atoms with Crippen LogP contribution < -0.4 is 16.0 Å². The summed E-state index contributed by atoms with van der Waals surface area (Å²) in [6, 6.07) is 0. The SMILES string of the molecule is CCNC(=NCc1nc(C)c(C)o1)NCCNC(C)(C)C. The van der Waals surface area contributed by atoms with Crippen LogP contribution in [-0.2, 0) is 6.54 Å². The molecule has 120 valence electrons. The van der Waals surface area contributed by atoms with Crippen molar-refractivity contribution >= 4 is 5.96 Å². The third kappa shape index (κ3) is 7.13. The van der Waals surface area contributed by atoms with Crippen LogP contribution in [0.2, 0.25) is 0 Å². The van der Waals surface area contributed by atoms with Gasteiger partial charge in [-0.1, -0.05) is 0 Å². The summed E-state index contributed by atoms with van der Waals surface area (Å²) in [5.41, 5.74) is 1.05. The van der Waals surface area contributed by atoms with Crippen LogP contribution in [-0.4, -0.2) is 36.1 Å². The first-order valence-corrected chi connectivity index (χ1v) is 7.52. The Morgan fingerprint density at radius 1 is 1.19 bits per heavy atom. The highest BCUT2D eigenvalue weighted by molar-refractivity contribution is 5.79. The number of aryl methyl sites for hydroxylation is 2. The lowest BCUT2D eigenvalue weighted by molar-refractivity contribution is 0.428. The second-order valence-corrected chi connectivity index (χ2v) is 6.05. The zero-order valence-corrected chi connectivity index (χ0v) is 14.1. The normalized spacial score (nSPS) is 12.6. The average Bonchev–Trinajstić information content (AvgIpc) is 2.70. The van der Waals surface area contributed by atoms with Crippen molar-refractivity contribution in [1.82, 2.24) is 20.9 Å². The number of hydrogen-bond donors (Lipinski definition) is 3. The van der Waals surface area contributed by atoms with E-state index in [1.807, 2.05) is 20.8 Å². The number of nitrogens with one attached hydrogen (secondary N) is 3. The van der Waals surface area contributed by atoms with Crippen molar-refractivity contribution in [3.8, 4) is 0 Å². The fourth-order valence-electron chi connectivity index (χ4n) is 1.71. The van der Waals surface area contributed by atoms with E-state index in [0.717, 1.165) is 37.0 Å². The van der Waals surface area contributed by atoms with Crippen LogP contribution in [0.15, 0.2) is 9.41 Å². The summed E-state index contributed by atoms with van der Waals surface area (Å²) in [5.74, 6) is 2.28.